The first-order valence-electron chi connectivity index (χ1n) is 9.63. The van der Waals surface area contributed by atoms with Crippen LogP contribution in [0.3, 0.4) is 0 Å². The average molecular weight is 411 g/mol. The van der Waals surface area contributed by atoms with Gasteiger partial charge in [-0.15, -0.1) is 0 Å². The highest BCUT2D eigenvalue weighted by molar-refractivity contribution is 6.30. The molecule has 29 heavy (non-hydrogen) atoms. The summed E-state index contributed by atoms with van der Waals surface area (Å²) in [6.07, 6.45) is 4.11. The van der Waals surface area contributed by atoms with Crippen LogP contribution in [0.1, 0.15) is 34.2 Å². The van der Waals surface area contributed by atoms with Gasteiger partial charge in [0.15, 0.2) is 0 Å². The van der Waals surface area contributed by atoms with E-state index in [9.17, 15) is 4.79 Å². The summed E-state index contributed by atoms with van der Waals surface area (Å²) < 4.78 is 1.76. The van der Waals surface area contributed by atoms with E-state index in [0.717, 1.165) is 41.2 Å². The van der Waals surface area contributed by atoms with Gasteiger partial charge < -0.3 is 5.32 Å². The summed E-state index contributed by atoms with van der Waals surface area (Å²) in [5, 5.41) is 5.65. The molecule has 0 unspecified atom stereocenters. The summed E-state index contributed by atoms with van der Waals surface area (Å²) in [4.78, 5) is 21.7. The summed E-state index contributed by atoms with van der Waals surface area (Å²) in [7, 11) is 0. The Morgan fingerprint density at radius 1 is 1.31 bits per heavy atom. The van der Waals surface area contributed by atoms with Crippen molar-refractivity contribution in [1.82, 2.24) is 20.1 Å². The molecule has 2 N–H and O–H groups in total. The van der Waals surface area contributed by atoms with E-state index in [1.54, 1.807) is 23.0 Å². The van der Waals surface area contributed by atoms with Crippen LogP contribution in [-0.4, -0.2) is 34.7 Å². The molecule has 150 valence electrons. The van der Waals surface area contributed by atoms with Gasteiger partial charge in [0.05, 0.1) is 29.5 Å². The molecule has 0 aliphatic carbocycles. The highest BCUT2D eigenvalue weighted by atomic mass is 35.5. The minimum absolute atomic E-state index is 0.158. The molecule has 1 aliphatic rings. The predicted octanol–water partition coefficient (Wildman–Crippen LogP) is 3.14. The summed E-state index contributed by atoms with van der Waals surface area (Å²) in [6.45, 7) is 6.07. The number of benzene rings is 1. The standard InChI is InChI=1S/C21H23ClN6O/c1-3-18-20(27-12-16(22)5-7-19(27)26-18)21(29)24-11-15-4-6-17(10-14(15)2)28-9-8-23-13-25-28/h4-7,10,12-13H,3,8-9,11H2,1-2H3,(H,23,25)(H,24,29). The third-order valence-electron chi connectivity index (χ3n) is 5.04. The number of hydrazine groups is 1. The molecule has 7 nitrogen and oxygen atoms in total. The Labute approximate surface area is 174 Å². The number of anilines is 1. The van der Waals surface area contributed by atoms with Crippen molar-refractivity contribution in [1.29, 1.82) is 0 Å². The maximum atomic E-state index is 13.0. The number of nitrogens with zero attached hydrogens (tertiary/aromatic N) is 4. The zero-order valence-corrected chi connectivity index (χ0v) is 17.2. The van der Waals surface area contributed by atoms with Crippen molar-refractivity contribution in [3.05, 3.63) is 64.1 Å². The minimum Gasteiger partial charge on any atom is -0.347 e. The summed E-state index contributed by atoms with van der Waals surface area (Å²) >= 11 is 6.12. The van der Waals surface area contributed by atoms with Crippen molar-refractivity contribution in [2.75, 3.05) is 18.1 Å². The maximum Gasteiger partial charge on any atom is 0.270 e. The number of imidazole rings is 1. The fourth-order valence-corrected chi connectivity index (χ4v) is 3.62. The summed E-state index contributed by atoms with van der Waals surface area (Å²) in [5.41, 5.74) is 8.41. The van der Waals surface area contributed by atoms with Crippen LogP contribution in [0, 0.1) is 6.92 Å². The largest absolute Gasteiger partial charge is 0.347 e. The molecule has 1 amide bonds. The summed E-state index contributed by atoms with van der Waals surface area (Å²) in [5.74, 6) is -0.158. The molecule has 0 saturated heterocycles. The van der Waals surface area contributed by atoms with E-state index in [1.807, 2.05) is 25.1 Å². The number of carbonyl (C=O) groups excluding carboxylic acids is 1. The molecule has 3 aromatic rings. The number of nitrogens with one attached hydrogen (secondary N) is 2. The number of aryl methyl sites for hydroxylation is 2. The molecule has 1 aromatic carbocycles. The molecular formula is C21H23ClN6O. The van der Waals surface area contributed by atoms with Crippen LogP contribution in [0.2, 0.25) is 5.02 Å². The van der Waals surface area contributed by atoms with Crippen molar-refractivity contribution in [2.24, 2.45) is 4.99 Å². The van der Waals surface area contributed by atoms with Gasteiger partial charge >= 0.3 is 0 Å². The second-order valence-electron chi connectivity index (χ2n) is 6.95. The predicted molar refractivity (Wildman–Crippen MR) is 116 cm³/mol. The molecular weight excluding hydrogens is 388 g/mol. The Bertz CT molecular complexity index is 1090. The topological polar surface area (TPSA) is 74.0 Å². The van der Waals surface area contributed by atoms with Gasteiger partial charge in [-0.3, -0.25) is 24.6 Å². The van der Waals surface area contributed by atoms with Crippen LogP contribution in [0.25, 0.3) is 5.65 Å². The minimum atomic E-state index is -0.158. The van der Waals surface area contributed by atoms with E-state index in [0.29, 0.717) is 23.7 Å². The van der Waals surface area contributed by atoms with Gasteiger partial charge in [0.25, 0.3) is 5.91 Å². The van der Waals surface area contributed by atoms with Crippen LogP contribution in [-0.2, 0) is 13.0 Å². The van der Waals surface area contributed by atoms with E-state index >= 15 is 0 Å². The van der Waals surface area contributed by atoms with Crippen LogP contribution >= 0.6 is 11.6 Å². The first kappa shape index (κ1) is 19.3. The third kappa shape index (κ3) is 3.91. The van der Waals surface area contributed by atoms with Crippen molar-refractivity contribution < 1.29 is 4.79 Å². The lowest BCUT2D eigenvalue weighted by Crippen LogP contribution is -2.42. The van der Waals surface area contributed by atoms with Crippen molar-refractivity contribution in [2.45, 2.75) is 26.8 Å². The Balaban J connectivity index is 1.52. The number of fused-ring (bicyclic) bond motifs is 1. The number of halogens is 1. The van der Waals surface area contributed by atoms with Gasteiger partial charge in [-0.25, -0.2) is 4.98 Å². The van der Waals surface area contributed by atoms with Crippen molar-refractivity contribution >= 4 is 35.2 Å². The molecule has 0 radical (unpaired) electrons. The van der Waals surface area contributed by atoms with E-state index in [1.165, 1.54) is 0 Å². The highest BCUT2D eigenvalue weighted by Gasteiger charge is 2.18. The fourth-order valence-electron chi connectivity index (χ4n) is 3.46. The molecule has 0 spiro atoms. The number of aliphatic imine (C=N–C) groups is 1. The number of hydrogen-bond donors (Lipinski definition) is 2. The molecule has 1 aliphatic heterocycles. The van der Waals surface area contributed by atoms with Gasteiger partial charge in [0, 0.05) is 12.7 Å². The van der Waals surface area contributed by atoms with Gasteiger partial charge in [-0.05, 0) is 48.7 Å². The van der Waals surface area contributed by atoms with E-state index in [2.05, 4.69) is 38.7 Å². The number of carbonyl (C=O) groups is 1. The fraction of sp³-hybridized carbons (Fsp3) is 0.286. The normalized spacial score (nSPS) is 13.6. The Morgan fingerprint density at radius 2 is 2.17 bits per heavy atom. The molecule has 4 rings (SSSR count). The molecule has 0 atom stereocenters. The number of rotatable bonds is 5. The van der Waals surface area contributed by atoms with Crippen LogP contribution in [0.5, 0.6) is 0 Å². The van der Waals surface area contributed by atoms with E-state index in [4.69, 9.17) is 11.6 Å². The first-order chi connectivity index (χ1) is 14.1. The lowest BCUT2D eigenvalue weighted by molar-refractivity contribution is 0.0944. The number of aromatic nitrogens is 2. The molecule has 2 aromatic heterocycles. The summed E-state index contributed by atoms with van der Waals surface area (Å²) in [6, 6.07) is 9.80. The van der Waals surface area contributed by atoms with Crippen molar-refractivity contribution in [3.63, 3.8) is 0 Å². The quantitative estimate of drug-likeness (QED) is 0.677. The second kappa shape index (κ2) is 8.13. The maximum absolute atomic E-state index is 13.0. The Hall–Kier alpha value is -3.06. The third-order valence-corrected chi connectivity index (χ3v) is 5.26. The van der Waals surface area contributed by atoms with E-state index in [-0.39, 0.29) is 5.91 Å². The Kier molecular flexibility index (Phi) is 5.40. The van der Waals surface area contributed by atoms with Gasteiger partial charge in [0.1, 0.15) is 17.7 Å². The molecule has 0 fully saturated rings. The zero-order valence-electron chi connectivity index (χ0n) is 16.4. The van der Waals surface area contributed by atoms with Crippen LogP contribution in [0.4, 0.5) is 5.69 Å². The Morgan fingerprint density at radius 3 is 2.90 bits per heavy atom. The first-order valence-corrected chi connectivity index (χ1v) is 10.0. The highest BCUT2D eigenvalue weighted by Crippen LogP contribution is 2.20. The lowest BCUT2D eigenvalue weighted by Gasteiger charge is -2.26. The average Bonchev–Trinajstić information content (AvgIpc) is 3.11. The molecule has 8 heteroatoms. The van der Waals surface area contributed by atoms with Crippen molar-refractivity contribution in [3.8, 4) is 0 Å². The number of amides is 1. The second-order valence-corrected chi connectivity index (χ2v) is 7.38. The lowest BCUT2D eigenvalue weighted by atomic mass is 10.1. The van der Waals surface area contributed by atoms with Gasteiger partial charge in [0.2, 0.25) is 0 Å². The van der Waals surface area contributed by atoms with Crippen LogP contribution in [0.15, 0.2) is 41.5 Å². The number of pyridine rings is 1. The molecule has 0 bridgehead atoms. The molecule has 0 saturated carbocycles. The van der Waals surface area contributed by atoms with Gasteiger partial charge in [-0.1, -0.05) is 24.6 Å². The van der Waals surface area contributed by atoms with Crippen LogP contribution < -0.4 is 15.8 Å². The number of hydrogen-bond acceptors (Lipinski definition) is 5. The van der Waals surface area contributed by atoms with E-state index < -0.39 is 0 Å². The SMILES string of the molecule is CCc1nc2ccc(Cl)cn2c1C(=O)NCc1ccc(N2CCN=CN2)cc1C. The zero-order chi connectivity index (χ0) is 20.4. The molecule has 3 heterocycles. The van der Waals surface area contributed by atoms with Gasteiger partial charge in [-0.2, -0.15) is 0 Å². The smallest absolute Gasteiger partial charge is 0.270 e. The monoisotopic (exact) mass is 410 g/mol.